The lowest BCUT2D eigenvalue weighted by molar-refractivity contribution is 0.255. The van der Waals surface area contributed by atoms with Crippen molar-refractivity contribution in [3.63, 3.8) is 0 Å². The van der Waals surface area contributed by atoms with E-state index in [-0.39, 0.29) is 0 Å². The Morgan fingerprint density at radius 2 is 1.49 bits per heavy atom. The number of nitrogen functional groups attached to an aromatic ring is 1. The van der Waals surface area contributed by atoms with E-state index in [1.54, 1.807) is 0 Å². The van der Waals surface area contributed by atoms with E-state index < -0.39 is 0 Å². The van der Waals surface area contributed by atoms with Gasteiger partial charge in [-0.15, -0.1) is 0 Å². The third-order valence-electron chi connectivity index (χ3n) is 7.07. The monoisotopic (exact) mass is 501 g/mol. The number of unbranched alkanes of at least 4 members (excludes halogenated alkanes) is 3. The maximum Gasteiger partial charge on any atom is 0.152 e. The van der Waals surface area contributed by atoms with Gasteiger partial charge in [0, 0.05) is 24.9 Å². The van der Waals surface area contributed by atoms with Crippen molar-refractivity contribution in [1.82, 2.24) is 19.4 Å². The van der Waals surface area contributed by atoms with Gasteiger partial charge in [-0.1, -0.05) is 55.8 Å². The molecular formula is C30H43N7. The van der Waals surface area contributed by atoms with Gasteiger partial charge in [0.25, 0.3) is 0 Å². The third-order valence-corrected chi connectivity index (χ3v) is 7.07. The van der Waals surface area contributed by atoms with E-state index >= 15 is 0 Å². The van der Waals surface area contributed by atoms with Crippen molar-refractivity contribution in [3.8, 4) is 0 Å². The van der Waals surface area contributed by atoms with Crippen molar-refractivity contribution in [3.05, 3.63) is 65.5 Å². The number of pyridine rings is 1. The Balaban J connectivity index is 1.58. The lowest BCUT2D eigenvalue weighted by Crippen LogP contribution is -2.26. The average molecular weight is 502 g/mol. The molecule has 7 heteroatoms. The maximum atomic E-state index is 6.37. The molecule has 2 aromatic heterocycles. The minimum absolute atomic E-state index is 0.505. The molecule has 0 bridgehead atoms. The first-order chi connectivity index (χ1) is 18.1. The summed E-state index contributed by atoms with van der Waals surface area (Å²) in [5.74, 6) is 1.58. The van der Waals surface area contributed by atoms with Crippen LogP contribution in [0, 0.1) is 0 Å². The predicted octanol–water partition coefficient (Wildman–Crippen LogP) is 4.84. The lowest BCUT2D eigenvalue weighted by atomic mass is 10.1. The van der Waals surface area contributed by atoms with E-state index in [0.29, 0.717) is 5.82 Å². The fourth-order valence-corrected chi connectivity index (χ4v) is 5.02. The van der Waals surface area contributed by atoms with Crippen molar-refractivity contribution in [1.29, 1.82) is 0 Å². The summed E-state index contributed by atoms with van der Waals surface area (Å²) in [5.41, 5.74) is 23.2. The molecule has 0 radical (unpaired) electrons. The van der Waals surface area contributed by atoms with Gasteiger partial charge in [-0.05, 0) is 75.5 Å². The number of fused-ring (bicyclic) bond motifs is 3. The smallest absolute Gasteiger partial charge is 0.152 e. The molecule has 0 fully saturated rings. The number of imidazole rings is 1. The Kier molecular flexibility index (Phi) is 9.88. The molecule has 2 aromatic carbocycles. The first-order valence-electron chi connectivity index (χ1n) is 13.9. The lowest BCUT2D eigenvalue weighted by Gasteiger charge is -2.22. The van der Waals surface area contributed by atoms with Crippen LogP contribution in [0.15, 0.2) is 48.5 Å². The molecule has 4 aromatic rings. The highest BCUT2D eigenvalue weighted by atomic mass is 15.1. The fourth-order valence-electron chi connectivity index (χ4n) is 5.02. The normalized spacial score (nSPS) is 11.8. The van der Waals surface area contributed by atoms with Gasteiger partial charge < -0.3 is 21.8 Å². The fraction of sp³-hybridized carbons (Fsp3) is 0.467. The summed E-state index contributed by atoms with van der Waals surface area (Å²) in [6.45, 7) is 7.60. The number of rotatable bonds is 15. The number of benzene rings is 2. The quantitative estimate of drug-likeness (QED) is 0.201. The average Bonchev–Trinajstić information content (AvgIpc) is 3.27. The van der Waals surface area contributed by atoms with E-state index in [4.69, 9.17) is 22.2 Å². The highest BCUT2D eigenvalue weighted by Crippen LogP contribution is 2.30. The second kappa shape index (κ2) is 13.5. The topological polar surface area (TPSA) is 112 Å². The summed E-state index contributed by atoms with van der Waals surface area (Å²) >= 11 is 0. The molecule has 0 spiro atoms. The Hall–Kier alpha value is -3.00. The second-order valence-electron chi connectivity index (χ2n) is 10.0. The minimum Gasteiger partial charge on any atom is -0.382 e. The number of anilines is 1. The summed E-state index contributed by atoms with van der Waals surface area (Å²) in [5, 5.41) is 1.10. The predicted molar refractivity (Wildman–Crippen MR) is 155 cm³/mol. The molecule has 4 rings (SSSR count). The van der Waals surface area contributed by atoms with E-state index in [2.05, 4.69) is 57.8 Å². The summed E-state index contributed by atoms with van der Waals surface area (Å²) in [6.07, 6.45) is 7.56. The van der Waals surface area contributed by atoms with Gasteiger partial charge in [-0.3, -0.25) is 4.90 Å². The minimum atomic E-state index is 0.505. The molecule has 0 aliphatic rings. The van der Waals surface area contributed by atoms with Crippen LogP contribution in [-0.2, 0) is 19.5 Å². The van der Waals surface area contributed by atoms with E-state index in [1.807, 2.05) is 12.1 Å². The largest absolute Gasteiger partial charge is 0.382 e. The van der Waals surface area contributed by atoms with Crippen molar-refractivity contribution < 1.29 is 0 Å². The Bertz CT molecular complexity index is 1250. The number of aryl methyl sites for hydroxylation is 1. The second-order valence-corrected chi connectivity index (χ2v) is 10.0. The van der Waals surface area contributed by atoms with Crippen LogP contribution in [0.1, 0.15) is 62.4 Å². The van der Waals surface area contributed by atoms with Crippen LogP contribution < -0.4 is 17.2 Å². The summed E-state index contributed by atoms with van der Waals surface area (Å²) in [7, 11) is 0. The molecule has 2 heterocycles. The number of para-hydroxylation sites is 1. The van der Waals surface area contributed by atoms with Crippen molar-refractivity contribution >= 4 is 27.8 Å². The number of hydrogen-bond donors (Lipinski definition) is 3. The Morgan fingerprint density at radius 3 is 2.16 bits per heavy atom. The van der Waals surface area contributed by atoms with Gasteiger partial charge >= 0.3 is 0 Å². The molecule has 0 atom stereocenters. The standard InChI is InChI=1S/C30H43N7/c1-2-3-12-27-35-28-29(25-10-4-5-11-26(25)34-30(28)33)37(27)22-24-15-13-23(14-16-24)21-36(19-8-6-17-31)20-9-7-18-32/h4-5,10-11,13-16H,2-3,6-9,12,17-22,31-32H2,1H3,(H2,33,34). The van der Waals surface area contributed by atoms with Gasteiger partial charge in [0.15, 0.2) is 5.82 Å². The molecule has 6 N–H and O–H groups in total. The highest BCUT2D eigenvalue weighted by Gasteiger charge is 2.17. The molecule has 0 amide bonds. The molecule has 0 aliphatic carbocycles. The molecule has 0 saturated heterocycles. The van der Waals surface area contributed by atoms with Crippen LogP contribution in [0.25, 0.3) is 21.9 Å². The Labute approximate surface area is 221 Å². The van der Waals surface area contributed by atoms with E-state index in [1.165, 1.54) is 11.1 Å². The van der Waals surface area contributed by atoms with Gasteiger partial charge in [0.05, 0.1) is 11.0 Å². The summed E-state index contributed by atoms with van der Waals surface area (Å²) in [6, 6.07) is 17.3. The van der Waals surface area contributed by atoms with E-state index in [9.17, 15) is 0 Å². The summed E-state index contributed by atoms with van der Waals surface area (Å²) in [4.78, 5) is 12.1. The van der Waals surface area contributed by atoms with E-state index in [0.717, 1.165) is 112 Å². The van der Waals surface area contributed by atoms with Gasteiger partial charge in [0.1, 0.15) is 11.3 Å². The van der Waals surface area contributed by atoms with Crippen molar-refractivity contribution in [2.75, 3.05) is 31.9 Å². The van der Waals surface area contributed by atoms with Crippen LogP contribution in [0.3, 0.4) is 0 Å². The molecule has 0 unspecified atom stereocenters. The third kappa shape index (κ3) is 6.86. The van der Waals surface area contributed by atoms with Crippen LogP contribution in [0.4, 0.5) is 5.82 Å². The molecule has 37 heavy (non-hydrogen) atoms. The molecule has 198 valence electrons. The molecular weight excluding hydrogens is 458 g/mol. The summed E-state index contributed by atoms with van der Waals surface area (Å²) < 4.78 is 2.35. The number of nitrogens with zero attached hydrogens (tertiary/aromatic N) is 4. The van der Waals surface area contributed by atoms with Crippen LogP contribution in [0.5, 0.6) is 0 Å². The molecule has 0 aliphatic heterocycles. The Morgan fingerprint density at radius 1 is 0.811 bits per heavy atom. The zero-order valence-electron chi connectivity index (χ0n) is 22.3. The highest BCUT2D eigenvalue weighted by molar-refractivity contribution is 6.06. The van der Waals surface area contributed by atoms with Crippen molar-refractivity contribution in [2.45, 2.75) is 65.0 Å². The van der Waals surface area contributed by atoms with Gasteiger partial charge in [-0.2, -0.15) is 0 Å². The SMILES string of the molecule is CCCCc1nc2c(N)nc3ccccc3c2n1Cc1ccc(CN(CCCCN)CCCCN)cc1. The van der Waals surface area contributed by atoms with Crippen LogP contribution in [0.2, 0.25) is 0 Å². The molecule has 7 nitrogen and oxygen atoms in total. The first-order valence-corrected chi connectivity index (χ1v) is 13.9. The number of hydrogen-bond acceptors (Lipinski definition) is 6. The van der Waals surface area contributed by atoms with Crippen LogP contribution in [-0.4, -0.2) is 45.6 Å². The van der Waals surface area contributed by atoms with Crippen LogP contribution >= 0.6 is 0 Å². The zero-order chi connectivity index (χ0) is 26.0. The maximum absolute atomic E-state index is 6.37. The van der Waals surface area contributed by atoms with Gasteiger partial charge in [0.2, 0.25) is 0 Å². The number of nitrogens with two attached hydrogens (primary N) is 3. The zero-order valence-corrected chi connectivity index (χ0v) is 22.3. The van der Waals surface area contributed by atoms with Crippen molar-refractivity contribution in [2.24, 2.45) is 11.5 Å². The molecule has 0 saturated carbocycles. The first kappa shape index (κ1) is 27.0. The number of aromatic nitrogens is 3. The van der Waals surface area contributed by atoms with Gasteiger partial charge in [-0.25, -0.2) is 9.97 Å².